The summed E-state index contributed by atoms with van der Waals surface area (Å²) in [5.74, 6) is 0.102. The molecule has 0 spiro atoms. The first kappa shape index (κ1) is 17.0. The van der Waals surface area contributed by atoms with E-state index in [1.165, 1.54) is 11.1 Å². The van der Waals surface area contributed by atoms with Crippen LogP contribution < -0.4 is 0 Å². The van der Waals surface area contributed by atoms with E-state index in [9.17, 15) is 4.79 Å². The SMILES string of the molecule is Cc1ccccc1CN1CCN(C(=O)Cn2cc(Cl)c(C)n2)CC1. The molecule has 1 amide bonds. The molecule has 0 unspecified atom stereocenters. The smallest absolute Gasteiger partial charge is 0.244 e. The number of hydrogen-bond acceptors (Lipinski definition) is 3. The topological polar surface area (TPSA) is 41.4 Å². The van der Waals surface area contributed by atoms with Gasteiger partial charge in [-0.05, 0) is 25.0 Å². The number of benzene rings is 1. The highest BCUT2D eigenvalue weighted by atomic mass is 35.5. The molecule has 0 atom stereocenters. The molecular weight excluding hydrogens is 324 g/mol. The van der Waals surface area contributed by atoms with Crippen molar-refractivity contribution >= 4 is 17.5 Å². The molecule has 0 aliphatic carbocycles. The molecule has 0 radical (unpaired) electrons. The molecule has 0 N–H and O–H groups in total. The second kappa shape index (κ2) is 7.36. The van der Waals surface area contributed by atoms with Crippen LogP contribution in [0.1, 0.15) is 16.8 Å². The molecule has 0 saturated carbocycles. The van der Waals surface area contributed by atoms with Gasteiger partial charge in [-0.15, -0.1) is 0 Å². The Hall–Kier alpha value is -1.85. The first-order valence-electron chi connectivity index (χ1n) is 8.27. The molecule has 128 valence electrons. The molecule has 2 heterocycles. The van der Waals surface area contributed by atoms with Crippen molar-refractivity contribution in [3.63, 3.8) is 0 Å². The Morgan fingerprint density at radius 2 is 1.88 bits per heavy atom. The number of piperazine rings is 1. The van der Waals surface area contributed by atoms with Crippen molar-refractivity contribution < 1.29 is 4.79 Å². The van der Waals surface area contributed by atoms with Gasteiger partial charge in [0, 0.05) is 38.9 Å². The van der Waals surface area contributed by atoms with Crippen LogP contribution in [-0.2, 0) is 17.9 Å². The lowest BCUT2D eigenvalue weighted by atomic mass is 10.1. The number of halogens is 1. The molecule has 1 saturated heterocycles. The number of rotatable bonds is 4. The van der Waals surface area contributed by atoms with Crippen molar-refractivity contribution in [1.29, 1.82) is 0 Å². The van der Waals surface area contributed by atoms with Gasteiger partial charge in [-0.25, -0.2) is 0 Å². The first-order valence-corrected chi connectivity index (χ1v) is 8.65. The molecule has 1 fully saturated rings. The standard InChI is InChI=1S/C18H23ClN4O/c1-14-5-3-4-6-16(14)11-21-7-9-22(10-8-21)18(24)13-23-12-17(19)15(2)20-23/h3-6,12H,7-11,13H2,1-2H3. The Balaban J connectivity index is 1.51. The minimum Gasteiger partial charge on any atom is -0.339 e. The molecular formula is C18H23ClN4O. The summed E-state index contributed by atoms with van der Waals surface area (Å²) < 4.78 is 1.62. The summed E-state index contributed by atoms with van der Waals surface area (Å²) in [5, 5.41) is 4.85. The summed E-state index contributed by atoms with van der Waals surface area (Å²) in [5.41, 5.74) is 3.44. The maximum atomic E-state index is 12.4. The Morgan fingerprint density at radius 1 is 1.17 bits per heavy atom. The van der Waals surface area contributed by atoms with E-state index < -0.39 is 0 Å². The summed E-state index contributed by atoms with van der Waals surface area (Å²) in [6.07, 6.45) is 1.71. The zero-order chi connectivity index (χ0) is 17.1. The normalized spacial score (nSPS) is 15.7. The molecule has 3 rings (SSSR count). The van der Waals surface area contributed by atoms with Gasteiger partial charge in [-0.1, -0.05) is 35.9 Å². The lowest BCUT2D eigenvalue weighted by molar-refractivity contribution is -0.133. The molecule has 1 aliphatic heterocycles. The third kappa shape index (κ3) is 3.97. The molecule has 2 aromatic rings. The third-order valence-corrected chi connectivity index (χ3v) is 4.93. The molecule has 6 heteroatoms. The maximum Gasteiger partial charge on any atom is 0.244 e. The highest BCUT2D eigenvalue weighted by Crippen LogP contribution is 2.14. The average Bonchev–Trinajstić information content (AvgIpc) is 2.88. The van der Waals surface area contributed by atoms with E-state index in [-0.39, 0.29) is 12.5 Å². The molecule has 0 bridgehead atoms. The van der Waals surface area contributed by atoms with Gasteiger partial charge >= 0.3 is 0 Å². The van der Waals surface area contributed by atoms with Crippen molar-refractivity contribution in [3.8, 4) is 0 Å². The van der Waals surface area contributed by atoms with Crippen LogP contribution in [0.25, 0.3) is 0 Å². The number of aryl methyl sites for hydroxylation is 2. The minimum absolute atomic E-state index is 0.102. The predicted octanol–water partition coefficient (Wildman–Crippen LogP) is 2.50. The van der Waals surface area contributed by atoms with Gasteiger partial charge in [-0.2, -0.15) is 5.10 Å². The van der Waals surface area contributed by atoms with E-state index in [0.717, 1.165) is 38.4 Å². The Morgan fingerprint density at radius 3 is 2.50 bits per heavy atom. The lowest BCUT2D eigenvalue weighted by Gasteiger charge is -2.35. The van der Waals surface area contributed by atoms with Crippen molar-refractivity contribution in [2.75, 3.05) is 26.2 Å². The molecule has 24 heavy (non-hydrogen) atoms. The lowest BCUT2D eigenvalue weighted by Crippen LogP contribution is -2.49. The quantitative estimate of drug-likeness (QED) is 0.854. The largest absolute Gasteiger partial charge is 0.339 e. The van der Waals surface area contributed by atoms with Crippen LogP contribution in [0.15, 0.2) is 30.5 Å². The van der Waals surface area contributed by atoms with Gasteiger partial charge in [0.15, 0.2) is 0 Å². The fourth-order valence-corrected chi connectivity index (χ4v) is 3.15. The summed E-state index contributed by atoms with van der Waals surface area (Å²) in [6.45, 7) is 8.52. The van der Waals surface area contributed by atoms with E-state index in [4.69, 9.17) is 11.6 Å². The monoisotopic (exact) mass is 346 g/mol. The van der Waals surface area contributed by atoms with Gasteiger partial charge in [0.1, 0.15) is 6.54 Å². The van der Waals surface area contributed by atoms with Crippen LogP contribution in [-0.4, -0.2) is 51.7 Å². The summed E-state index contributed by atoms with van der Waals surface area (Å²) in [4.78, 5) is 16.7. The predicted molar refractivity (Wildman–Crippen MR) is 95.0 cm³/mol. The highest BCUT2D eigenvalue weighted by Gasteiger charge is 2.22. The van der Waals surface area contributed by atoms with Gasteiger partial charge in [-0.3, -0.25) is 14.4 Å². The molecule has 5 nitrogen and oxygen atoms in total. The van der Waals surface area contributed by atoms with Crippen LogP contribution in [0.2, 0.25) is 5.02 Å². The Kier molecular flexibility index (Phi) is 5.21. The number of carbonyl (C=O) groups excluding carboxylic acids is 1. The first-order chi connectivity index (χ1) is 11.5. The van der Waals surface area contributed by atoms with Crippen LogP contribution in [0.5, 0.6) is 0 Å². The van der Waals surface area contributed by atoms with Crippen LogP contribution in [0, 0.1) is 13.8 Å². The molecule has 1 aromatic carbocycles. The van der Waals surface area contributed by atoms with Gasteiger partial charge in [0.25, 0.3) is 0 Å². The van der Waals surface area contributed by atoms with E-state index in [0.29, 0.717) is 5.02 Å². The Labute approximate surface area is 147 Å². The zero-order valence-electron chi connectivity index (χ0n) is 14.2. The van der Waals surface area contributed by atoms with Crippen LogP contribution >= 0.6 is 11.6 Å². The number of hydrogen-bond donors (Lipinski definition) is 0. The number of aromatic nitrogens is 2. The van der Waals surface area contributed by atoms with E-state index in [1.807, 2.05) is 11.8 Å². The maximum absolute atomic E-state index is 12.4. The second-order valence-electron chi connectivity index (χ2n) is 6.34. The summed E-state index contributed by atoms with van der Waals surface area (Å²) >= 11 is 5.99. The number of carbonyl (C=O) groups is 1. The number of nitrogens with zero attached hydrogens (tertiary/aromatic N) is 4. The highest BCUT2D eigenvalue weighted by molar-refractivity contribution is 6.31. The second-order valence-corrected chi connectivity index (χ2v) is 6.75. The van der Waals surface area contributed by atoms with Crippen LogP contribution in [0.4, 0.5) is 0 Å². The average molecular weight is 347 g/mol. The van der Waals surface area contributed by atoms with Crippen molar-refractivity contribution in [2.24, 2.45) is 0 Å². The fraction of sp³-hybridized carbons (Fsp3) is 0.444. The van der Waals surface area contributed by atoms with Crippen LogP contribution in [0.3, 0.4) is 0 Å². The van der Waals surface area contributed by atoms with Crippen molar-refractivity contribution in [2.45, 2.75) is 26.9 Å². The van der Waals surface area contributed by atoms with Crippen molar-refractivity contribution in [1.82, 2.24) is 19.6 Å². The Bertz CT molecular complexity index is 700. The molecule has 1 aliphatic rings. The van der Waals surface area contributed by atoms with E-state index >= 15 is 0 Å². The van der Waals surface area contributed by atoms with E-state index in [1.54, 1.807) is 10.9 Å². The fourth-order valence-electron chi connectivity index (χ4n) is 3.00. The summed E-state index contributed by atoms with van der Waals surface area (Å²) in [7, 11) is 0. The molecule has 1 aromatic heterocycles. The van der Waals surface area contributed by atoms with Crippen molar-refractivity contribution in [3.05, 3.63) is 52.3 Å². The summed E-state index contributed by atoms with van der Waals surface area (Å²) in [6, 6.07) is 8.47. The minimum atomic E-state index is 0.102. The third-order valence-electron chi connectivity index (χ3n) is 4.56. The van der Waals surface area contributed by atoms with Gasteiger partial charge in [0.05, 0.1) is 10.7 Å². The zero-order valence-corrected chi connectivity index (χ0v) is 15.0. The van der Waals surface area contributed by atoms with Gasteiger partial charge in [0.2, 0.25) is 5.91 Å². The number of amides is 1. The van der Waals surface area contributed by atoms with Gasteiger partial charge < -0.3 is 4.90 Å². The van der Waals surface area contributed by atoms with E-state index in [2.05, 4.69) is 41.2 Å².